The van der Waals surface area contributed by atoms with Crippen molar-refractivity contribution in [3.63, 3.8) is 0 Å². The monoisotopic (exact) mass is 330 g/mol. The minimum Gasteiger partial charge on any atom is -0.355 e. The Hall–Kier alpha value is -1.43. The summed E-state index contributed by atoms with van der Waals surface area (Å²) >= 11 is 3.22. The Bertz CT molecular complexity index is 437. The van der Waals surface area contributed by atoms with Gasteiger partial charge in [-0.2, -0.15) is 0 Å². The lowest BCUT2D eigenvalue weighted by molar-refractivity contribution is -0.120. The van der Waals surface area contributed by atoms with Crippen LogP contribution in [0.15, 0.2) is 24.3 Å². The minimum atomic E-state index is -0.354. The van der Waals surface area contributed by atoms with Gasteiger partial charge >= 0.3 is 0 Å². The highest BCUT2D eigenvalue weighted by atomic mass is 79.9. The first-order valence-electron chi connectivity index (χ1n) is 6.00. The molecule has 0 heterocycles. The summed E-state index contributed by atoms with van der Waals surface area (Å²) in [5.41, 5.74) is 0.532. The summed E-state index contributed by atoms with van der Waals surface area (Å²) in [5, 5.41) is 5.27. The van der Waals surface area contributed by atoms with Crippen LogP contribution < -0.4 is 10.6 Å². The van der Waals surface area contributed by atoms with Gasteiger partial charge in [0.1, 0.15) is 5.82 Å². The summed E-state index contributed by atoms with van der Waals surface area (Å²) in [7, 11) is 0. The highest BCUT2D eigenvalue weighted by Crippen LogP contribution is 2.08. The zero-order chi connectivity index (χ0) is 14.3. The van der Waals surface area contributed by atoms with E-state index in [0.29, 0.717) is 12.1 Å². The zero-order valence-electron chi connectivity index (χ0n) is 10.6. The van der Waals surface area contributed by atoms with Crippen molar-refractivity contribution in [2.45, 2.75) is 24.6 Å². The van der Waals surface area contributed by atoms with E-state index in [-0.39, 0.29) is 35.4 Å². The van der Waals surface area contributed by atoms with Crippen LogP contribution in [0, 0.1) is 5.82 Å². The van der Waals surface area contributed by atoms with Crippen LogP contribution in [0.3, 0.4) is 0 Å². The Morgan fingerprint density at radius 2 is 1.95 bits per heavy atom. The molecule has 0 aliphatic heterocycles. The Morgan fingerprint density at radius 1 is 1.32 bits per heavy atom. The fourth-order valence-electron chi connectivity index (χ4n) is 1.35. The van der Waals surface area contributed by atoms with E-state index >= 15 is 0 Å². The molecule has 0 aliphatic carbocycles. The van der Waals surface area contributed by atoms with Crippen LogP contribution >= 0.6 is 15.9 Å². The van der Waals surface area contributed by atoms with Gasteiger partial charge < -0.3 is 10.6 Å². The Kier molecular flexibility index (Phi) is 6.49. The van der Waals surface area contributed by atoms with Gasteiger partial charge in [0.05, 0.1) is 4.83 Å². The first kappa shape index (κ1) is 15.6. The number of hydrogen-bond donors (Lipinski definition) is 2. The van der Waals surface area contributed by atoms with E-state index in [0.717, 1.165) is 0 Å². The quantitative estimate of drug-likeness (QED) is 0.787. The molecular weight excluding hydrogens is 315 g/mol. The first-order valence-corrected chi connectivity index (χ1v) is 6.91. The highest BCUT2D eigenvalue weighted by molar-refractivity contribution is 9.10. The van der Waals surface area contributed by atoms with Crippen molar-refractivity contribution < 1.29 is 14.0 Å². The molecule has 1 aromatic carbocycles. The van der Waals surface area contributed by atoms with E-state index in [9.17, 15) is 14.0 Å². The molecule has 0 fully saturated rings. The fourth-order valence-corrected chi connectivity index (χ4v) is 1.51. The van der Waals surface area contributed by atoms with Crippen LogP contribution in [-0.4, -0.2) is 23.2 Å². The molecule has 0 aliphatic rings. The molecule has 0 bridgehead atoms. The molecule has 104 valence electrons. The molecule has 2 amide bonds. The minimum absolute atomic E-state index is 0.128. The van der Waals surface area contributed by atoms with Gasteiger partial charge in [-0.3, -0.25) is 9.59 Å². The SMILES string of the molecule is CCC(Br)C(=O)NCCC(=O)Nc1ccc(F)cc1. The van der Waals surface area contributed by atoms with Gasteiger partial charge in [-0.05, 0) is 30.7 Å². The van der Waals surface area contributed by atoms with Gasteiger partial charge in [0.25, 0.3) is 0 Å². The first-order chi connectivity index (χ1) is 9.02. The number of benzene rings is 1. The average Bonchev–Trinajstić information content (AvgIpc) is 2.40. The number of nitrogens with one attached hydrogen (secondary N) is 2. The molecule has 0 saturated carbocycles. The van der Waals surface area contributed by atoms with Crippen LogP contribution in [-0.2, 0) is 9.59 Å². The molecule has 1 rings (SSSR count). The molecule has 1 aromatic rings. The lowest BCUT2D eigenvalue weighted by Crippen LogP contribution is -2.33. The second kappa shape index (κ2) is 7.89. The van der Waals surface area contributed by atoms with E-state index in [1.54, 1.807) is 0 Å². The van der Waals surface area contributed by atoms with Crippen molar-refractivity contribution in [2.24, 2.45) is 0 Å². The van der Waals surface area contributed by atoms with E-state index in [2.05, 4.69) is 26.6 Å². The van der Waals surface area contributed by atoms with Gasteiger partial charge in [-0.25, -0.2) is 4.39 Å². The molecule has 6 heteroatoms. The standard InChI is InChI=1S/C13H16BrFN2O2/c1-2-11(14)13(19)16-8-7-12(18)17-10-5-3-9(15)4-6-10/h3-6,11H,2,7-8H2,1H3,(H,16,19)(H,17,18). The van der Waals surface area contributed by atoms with E-state index in [1.807, 2.05) is 6.92 Å². The molecule has 4 nitrogen and oxygen atoms in total. The third-order valence-corrected chi connectivity index (χ3v) is 3.49. The normalized spacial score (nSPS) is 11.7. The fraction of sp³-hybridized carbons (Fsp3) is 0.385. The smallest absolute Gasteiger partial charge is 0.233 e. The van der Waals surface area contributed by atoms with Crippen molar-refractivity contribution in [1.29, 1.82) is 0 Å². The van der Waals surface area contributed by atoms with Gasteiger partial charge in [0, 0.05) is 18.7 Å². The van der Waals surface area contributed by atoms with Crippen LogP contribution in [0.1, 0.15) is 19.8 Å². The van der Waals surface area contributed by atoms with E-state index in [4.69, 9.17) is 0 Å². The van der Waals surface area contributed by atoms with Crippen molar-refractivity contribution in [3.8, 4) is 0 Å². The molecule has 0 spiro atoms. The summed E-state index contributed by atoms with van der Waals surface area (Å²) in [6.07, 6.45) is 0.861. The number of alkyl halides is 1. The zero-order valence-corrected chi connectivity index (χ0v) is 12.2. The highest BCUT2D eigenvalue weighted by Gasteiger charge is 2.11. The average molecular weight is 331 g/mol. The summed E-state index contributed by atoms with van der Waals surface area (Å²) in [6.45, 7) is 2.16. The molecular formula is C13H16BrFN2O2. The number of hydrogen-bond acceptors (Lipinski definition) is 2. The summed E-state index contributed by atoms with van der Waals surface area (Å²) in [4.78, 5) is 22.7. The number of carbonyl (C=O) groups is 2. The maximum atomic E-state index is 12.7. The molecule has 1 unspecified atom stereocenters. The van der Waals surface area contributed by atoms with Crippen molar-refractivity contribution in [1.82, 2.24) is 5.32 Å². The van der Waals surface area contributed by atoms with Crippen LogP contribution in [0.4, 0.5) is 10.1 Å². The molecule has 2 N–H and O–H groups in total. The molecule has 19 heavy (non-hydrogen) atoms. The number of rotatable bonds is 6. The van der Waals surface area contributed by atoms with Crippen molar-refractivity contribution >= 4 is 33.4 Å². The molecule has 0 aromatic heterocycles. The Morgan fingerprint density at radius 3 is 2.53 bits per heavy atom. The predicted octanol–water partition coefficient (Wildman–Crippen LogP) is 2.44. The lowest BCUT2D eigenvalue weighted by atomic mass is 10.3. The number of halogens is 2. The lowest BCUT2D eigenvalue weighted by Gasteiger charge is -2.09. The van der Waals surface area contributed by atoms with E-state index < -0.39 is 0 Å². The van der Waals surface area contributed by atoms with Gasteiger partial charge in [-0.15, -0.1) is 0 Å². The molecule has 0 saturated heterocycles. The summed E-state index contributed by atoms with van der Waals surface area (Å²) in [5.74, 6) is -0.709. The van der Waals surface area contributed by atoms with Gasteiger partial charge in [0.2, 0.25) is 11.8 Å². The maximum Gasteiger partial charge on any atom is 0.233 e. The van der Waals surface area contributed by atoms with Gasteiger partial charge in [-0.1, -0.05) is 22.9 Å². The second-order valence-electron chi connectivity index (χ2n) is 3.97. The third kappa shape index (κ3) is 5.83. The number of carbonyl (C=O) groups excluding carboxylic acids is 2. The van der Waals surface area contributed by atoms with Crippen molar-refractivity contribution in [2.75, 3.05) is 11.9 Å². The Labute approximate surface area is 119 Å². The van der Waals surface area contributed by atoms with Crippen LogP contribution in [0.5, 0.6) is 0 Å². The van der Waals surface area contributed by atoms with Crippen LogP contribution in [0.25, 0.3) is 0 Å². The largest absolute Gasteiger partial charge is 0.355 e. The third-order valence-electron chi connectivity index (χ3n) is 2.42. The maximum absolute atomic E-state index is 12.7. The molecule has 1 atom stereocenters. The van der Waals surface area contributed by atoms with Gasteiger partial charge in [0.15, 0.2) is 0 Å². The summed E-state index contributed by atoms with van der Waals surface area (Å²) in [6, 6.07) is 5.51. The second-order valence-corrected chi connectivity index (χ2v) is 5.08. The Balaban J connectivity index is 2.28. The predicted molar refractivity (Wildman–Crippen MR) is 75.7 cm³/mol. The molecule has 0 radical (unpaired) electrons. The number of anilines is 1. The number of amides is 2. The summed E-state index contributed by atoms with van der Waals surface area (Å²) < 4.78 is 12.7. The topological polar surface area (TPSA) is 58.2 Å². The van der Waals surface area contributed by atoms with E-state index in [1.165, 1.54) is 24.3 Å². The van der Waals surface area contributed by atoms with Crippen molar-refractivity contribution in [3.05, 3.63) is 30.1 Å². The van der Waals surface area contributed by atoms with Crippen LogP contribution in [0.2, 0.25) is 0 Å².